The van der Waals surface area contributed by atoms with Crippen molar-refractivity contribution in [3.8, 4) is 0 Å². The van der Waals surface area contributed by atoms with Crippen LogP contribution in [0.25, 0.3) is 11.0 Å². The van der Waals surface area contributed by atoms with Gasteiger partial charge in [-0.25, -0.2) is 9.78 Å². The lowest BCUT2D eigenvalue weighted by Gasteiger charge is -2.32. The number of benzene rings is 1. The highest BCUT2D eigenvalue weighted by molar-refractivity contribution is 5.76. The third-order valence-corrected chi connectivity index (χ3v) is 5.27. The Kier molecular flexibility index (Phi) is 4.61. The van der Waals surface area contributed by atoms with Crippen LogP contribution in [0.15, 0.2) is 24.3 Å². The molecule has 2 heterocycles. The Labute approximate surface area is 148 Å². The van der Waals surface area contributed by atoms with Crippen LogP contribution < -0.4 is 5.32 Å². The zero-order valence-corrected chi connectivity index (χ0v) is 14.8. The third kappa shape index (κ3) is 3.79. The molecule has 0 bridgehead atoms. The predicted octanol–water partition coefficient (Wildman–Crippen LogP) is 2.67. The fraction of sp³-hybridized carbons (Fsp3) is 0.579. The summed E-state index contributed by atoms with van der Waals surface area (Å²) in [5, 5.41) is 3.01. The standard InChI is InChI=1S/C19H26N4O2/c1-22-17-5-3-2-4-16(17)21-18(22)12-20-19(24)23-10-8-15(9-11-23)25-13-14-6-7-14/h2-5,14-15H,6-13H2,1H3,(H,20,24). The molecule has 2 fully saturated rings. The van der Waals surface area contributed by atoms with Gasteiger partial charge in [0.1, 0.15) is 5.82 Å². The maximum absolute atomic E-state index is 12.4. The number of carbonyl (C=O) groups is 1. The average molecular weight is 342 g/mol. The number of ether oxygens (including phenoxy) is 1. The molecule has 1 saturated heterocycles. The molecule has 0 radical (unpaired) electrons. The highest BCUT2D eigenvalue weighted by atomic mass is 16.5. The molecule has 2 amide bonds. The van der Waals surface area contributed by atoms with Gasteiger partial charge in [-0.2, -0.15) is 0 Å². The molecule has 6 heteroatoms. The van der Waals surface area contributed by atoms with Gasteiger partial charge in [0.2, 0.25) is 0 Å². The lowest BCUT2D eigenvalue weighted by molar-refractivity contribution is 0.00945. The van der Waals surface area contributed by atoms with Gasteiger partial charge >= 0.3 is 6.03 Å². The van der Waals surface area contributed by atoms with Crippen molar-refractivity contribution in [1.82, 2.24) is 19.8 Å². The number of piperidine rings is 1. The van der Waals surface area contributed by atoms with Gasteiger partial charge in [-0.15, -0.1) is 0 Å². The van der Waals surface area contributed by atoms with Crippen LogP contribution in [0, 0.1) is 5.92 Å². The van der Waals surface area contributed by atoms with E-state index in [2.05, 4.69) is 10.3 Å². The van der Waals surface area contributed by atoms with E-state index in [9.17, 15) is 4.79 Å². The number of aryl methyl sites for hydroxylation is 1. The zero-order chi connectivity index (χ0) is 17.2. The summed E-state index contributed by atoms with van der Waals surface area (Å²) in [7, 11) is 1.99. The van der Waals surface area contributed by atoms with Gasteiger partial charge in [0, 0.05) is 26.7 Å². The molecule has 1 aromatic heterocycles. The van der Waals surface area contributed by atoms with E-state index in [4.69, 9.17) is 4.74 Å². The van der Waals surface area contributed by atoms with Gasteiger partial charge in [0.15, 0.2) is 0 Å². The molecule has 1 aromatic carbocycles. The quantitative estimate of drug-likeness (QED) is 0.909. The maximum atomic E-state index is 12.4. The molecule has 1 aliphatic heterocycles. The van der Waals surface area contributed by atoms with E-state index in [1.54, 1.807) is 0 Å². The van der Waals surface area contributed by atoms with Crippen LogP contribution in [0.5, 0.6) is 0 Å². The smallest absolute Gasteiger partial charge is 0.317 e. The van der Waals surface area contributed by atoms with Gasteiger partial charge < -0.3 is 19.5 Å². The second-order valence-electron chi connectivity index (χ2n) is 7.20. The molecule has 1 saturated carbocycles. The molecular formula is C19H26N4O2. The summed E-state index contributed by atoms with van der Waals surface area (Å²) >= 11 is 0. The SMILES string of the molecule is Cn1c(CNC(=O)N2CCC(OCC3CC3)CC2)nc2ccccc21. The zero-order valence-electron chi connectivity index (χ0n) is 14.8. The second kappa shape index (κ2) is 7.04. The number of hydrogen-bond donors (Lipinski definition) is 1. The van der Waals surface area contributed by atoms with Crippen molar-refractivity contribution in [2.24, 2.45) is 13.0 Å². The number of fused-ring (bicyclic) bond motifs is 1. The Morgan fingerprint density at radius 3 is 2.72 bits per heavy atom. The average Bonchev–Trinajstić information content (AvgIpc) is 3.42. The highest BCUT2D eigenvalue weighted by Gasteiger charge is 2.26. The lowest BCUT2D eigenvalue weighted by atomic mass is 10.1. The molecule has 25 heavy (non-hydrogen) atoms. The topological polar surface area (TPSA) is 59.4 Å². The van der Waals surface area contributed by atoms with Crippen molar-refractivity contribution in [2.45, 2.75) is 38.3 Å². The largest absolute Gasteiger partial charge is 0.378 e. The van der Waals surface area contributed by atoms with E-state index in [-0.39, 0.29) is 6.03 Å². The van der Waals surface area contributed by atoms with E-state index in [0.29, 0.717) is 12.6 Å². The Bertz CT molecular complexity index is 745. The second-order valence-corrected chi connectivity index (χ2v) is 7.20. The number of aromatic nitrogens is 2. The molecule has 1 aliphatic carbocycles. The van der Waals surface area contributed by atoms with Crippen molar-refractivity contribution in [3.05, 3.63) is 30.1 Å². The number of nitrogens with zero attached hydrogens (tertiary/aromatic N) is 3. The van der Waals surface area contributed by atoms with E-state index in [1.165, 1.54) is 12.8 Å². The molecule has 134 valence electrons. The van der Waals surface area contributed by atoms with E-state index in [0.717, 1.165) is 55.3 Å². The minimum Gasteiger partial charge on any atom is -0.378 e. The first-order valence-corrected chi connectivity index (χ1v) is 9.25. The number of rotatable bonds is 5. The maximum Gasteiger partial charge on any atom is 0.317 e. The van der Waals surface area contributed by atoms with Gasteiger partial charge in [-0.3, -0.25) is 0 Å². The Balaban J connectivity index is 1.26. The summed E-state index contributed by atoms with van der Waals surface area (Å²) in [6.45, 7) is 2.89. The number of urea groups is 1. The Hall–Kier alpha value is -2.08. The van der Waals surface area contributed by atoms with Crippen molar-refractivity contribution < 1.29 is 9.53 Å². The molecule has 6 nitrogen and oxygen atoms in total. The van der Waals surface area contributed by atoms with Crippen LogP contribution >= 0.6 is 0 Å². The number of carbonyl (C=O) groups excluding carboxylic acids is 1. The van der Waals surface area contributed by atoms with Gasteiger partial charge in [0.25, 0.3) is 0 Å². The fourth-order valence-corrected chi connectivity index (χ4v) is 3.40. The molecule has 0 unspecified atom stereocenters. The Morgan fingerprint density at radius 2 is 2.00 bits per heavy atom. The van der Waals surface area contributed by atoms with E-state index >= 15 is 0 Å². The summed E-state index contributed by atoms with van der Waals surface area (Å²) < 4.78 is 7.98. The van der Waals surface area contributed by atoms with Crippen LogP contribution in [0.2, 0.25) is 0 Å². The number of hydrogen-bond acceptors (Lipinski definition) is 3. The van der Waals surface area contributed by atoms with Gasteiger partial charge in [0.05, 0.1) is 23.7 Å². The number of para-hydroxylation sites is 2. The first-order valence-electron chi connectivity index (χ1n) is 9.25. The third-order valence-electron chi connectivity index (χ3n) is 5.27. The summed E-state index contributed by atoms with van der Waals surface area (Å²) in [6.07, 6.45) is 4.84. The van der Waals surface area contributed by atoms with Crippen molar-refractivity contribution >= 4 is 17.1 Å². The van der Waals surface area contributed by atoms with Crippen LogP contribution in [0.1, 0.15) is 31.5 Å². The molecule has 1 N–H and O–H groups in total. The number of likely N-dealkylation sites (tertiary alicyclic amines) is 1. The van der Waals surface area contributed by atoms with Crippen LogP contribution in [0.3, 0.4) is 0 Å². The Morgan fingerprint density at radius 1 is 1.24 bits per heavy atom. The van der Waals surface area contributed by atoms with E-state index < -0.39 is 0 Å². The van der Waals surface area contributed by atoms with Crippen molar-refractivity contribution in [2.75, 3.05) is 19.7 Å². The lowest BCUT2D eigenvalue weighted by Crippen LogP contribution is -2.46. The van der Waals surface area contributed by atoms with E-state index in [1.807, 2.05) is 40.8 Å². The van der Waals surface area contributed by atoms with Crippen LogP contribution in [-0.2, 0) is 18.3 Å². The van der Waals surface area contributed by atoms with Gasteiger partial charge in [-0.1, -0.05) is 12.1 Å². The minimum absolute atomic E-state index is 0.00676. The summed E-state index contributed by atoms with van der Waals surface area (Å²) in [6, 6.07) is 8.01. The number of imidazole rings is 1. The molecule has 2 aliphatic rings. The minimum atomic E-state index is -0.00676. The van der Waals surface area contributed by atoms with Crippen LogP contribution in [-0.4, -0.2) is 46.3 Å². The summed E-state index contributed by atoms with van der Waals surface area (Å²) in [5.41, 5.74) is 2.04. The summed E-state index contributed by atoms with van der Waals surface area (Å²) in [5.74, 6) is 1.67. The monoisotopic (exact) mass is 342 g/mol. The first-order chi connectivity index (χ1) is 12.2. The normalized spacial score (nSPS) is 18.7. The predicted molar refractivity (Wildman–Crippen MR) is 96.2 cm³/mol. The summed E-state index contributed by atoms with van der Waals surface area (Å²) in [4.78, 5) is 18.9. The van der Waals surface area contributed by atoms with Gasteiger partial charge in [-0.05, 0) is 43.7 Å². The first kappa shape index (κ1) is 16.4. The number of amides is 2. The fourth-order valence-electron chi connectivity index (χ4n) is 3.40. The number of nitrogens with one attached hydrogen (secondary N) is 1. The highest BCUT2D eigenvalue weighted by Crippen LogP contribution is 2.30. The van der Waals surface area contributed by atoms with Crippen LogP contribution in [0.4, 0.5) is 4.79 Å². The molecular weight excluding hydrogens is 316 g/mol. The molecule has 4 rings (SSSR count). The van der Waals surface area contributed by atoms with Crippen molar-refractivity contribution in [1.29, 1.82) is 0 Å². The molecule has 0 spiro atoms. The molecule has 2 aromatic rings. The van der Waals surface area contributed by atoms with Crippen molar-refractivity contribution in [3.63, 3.8) is 0 Å². The molecule has 0 atom stereocenters.